The van der Waals surface area contributed by atoms with Crippen LogP contribution in [0.3, 0.4) is 0 Å². The van der Waals surface area contributed by atoms with Crippen LogP contribution in [0.1, 0.15) is 23.2 Å². The first-order valence-corrected chi connectivity index (χ1v) is 11.8. The number of carbonyl (C=O) groups is 3. The molecule has 3 amide bonds. The molecule has 0 atom stereocenters. The number of hydrogen-bond donors (Lipinski definition) is 2. The molecule has 9 nitrogen and oxygen atoms in total. The second-order valence-electron chi connectivity index (χ2n) is 7.42. The first-order valence-electron chi connectivity index (χ1n) is 10.4. The third kappa shape index (κ3) is 5.93. The number of anilines is 1. The van der Waals surface area contributed by atoms with Crippen LogP contribution in [-0.4, -0.2) is 68.6 Å². The predicted octanol–water partition coefficient (Wildman–Crippen LogP) is 1.44. The number of hydrogen-bond acceptors (Lipinski definition) is 5. The number of halogens is 1. The van der Waals surface area contributed by atoms with Gasteiger partial charge < -0.3 is 15.5 Å². The Bertz CT molecular complexity index is 1130. The quantitative estimate of drug-likeness (QED) is 0.627. The van der Waals surface area contributed by atoms with E-state index in [0.29, 0.717) is 0 Å². The van der Waals surface area contributed by atoms with Gasteiger partial charge >= 0.3 is 0 Å². The third-order valence-corrected chi connectivity index (χ3v) is 7.17. The van der Waals surface area contributed by atoms with Gasteiger partial charge in [0.25, 0.3) is 5.91 Å². The molecule has 0 unspecified atom stereocenters. The highest BCUT2D eigenvalue weighted by atomic mass is 32.2. The van der Waals surface area contributed by atoms with Crippen molar-refractivity contribution >= 4 is 33.4 Å². The number of sulfonamides is 1. The molecule has 0 bridgehead atoms. The lowest BCUT2D eigenvalue weighted by Crippen LogP contribution is -2.50. The number of piperazine rings is 1. The molecular formula is C22H25FN4O5S. The van der Waals surface area contributed by atoms with Gasteiger partial charge in [-0.15, -0.1) is 0 Å². The average Bonchev–Trinajstić information content (AvgIpc) is 2.83. The molecule has 0 spiro atoms. The van der Waals surface area contributed by atoms with Crippen molar-refractivity contribution in [2.75, 3.05) is 38.5 Å². The van der Waals surface area contributed by atoms with E-state index in [9.17, 15) is 27.2 Å². The standard InChI is InChI=1S/C22H25FN4O5S/c1-24-22(30)18-15-16(7-8-19(18)23)25-20(28)9-10-21(29)26-11-13-27(14-12-26)33(31,32)17-5-3-2-4-6-17/h2-8,15H,9-14H2,1H3,(H,24,30)(H,25,28). The van der Waals surface area contributed by atoms with Crippen LogP contribution in [-0.2, 0) is 19.6 Å². The van der Waals surface area contributed by atoms with Crippen molar-refractivity contribution in [2.24, 2.45) is 0 Å². The fraction of sp³-hybridized carbons (Fsp3) is 0.318. The molecule has 2 aromatic carbocycles. The van der Waals surface area contributed by atoms with Gasteiger partial charge in [0, 0.05) is 51.8 Å². The minimum Gasteiger partial charge on any atom is -0.355 e. The lowest BCUT2D eigenvalue weighted by molar-refractivity contribution is -0.133. The fourth-order valence-corrected chi connectivity index (χ4v) is 4.88. The Balaban J connectivity index is 1.49. The van der Waals surface area contributed by atoms with Crippen molar-refractivity contribution < 1.29 is 27.2 Å². The van der Waals surface area contributed by atoms with Crippen molar-refractivity contribution in [3.63, 3.8) is 0 Å². The molecule has 0 saturated carbocycles. The Hall–Kier alpha value is -3.31. The lowest BCUT2D eigenvalue weighted by atomic mass is 10.1. The SMILES string of the molecule is CNC(=O)c1cc(NC(=O)CCC(=O)N2CCN(S(=O)(=O)c3ccccc3)CC2)ccc1F. The van der Waals surface area contributed by atoms with Crippen LogP contribution >= 0.6 is 0 Å². The van der Waals surface area contributed by atoms with E-state index in [2.05, 4.69) is 10.6 Å². The number of benzene rings is 2. The Kier molecular flexibility index (Phi) is 7.77. The highest BCUT2D eigenvalue weighted by Crippen LogP contribution is 2.18. The highest BCUT2D eigenvalue weighted by Gasteiger charge is 2.30. The molecule has 0 radical (unpaired) electrons. The largest absolute Gasteiger partial charge is 0.355 e. The summed E-state index contributed by atoms with van der Waals surface area (Å²) >= 11 is 0. The molecule has 1 aliphatic rings. The fourth-order valence-electron chi connectivity index (χ4n) is 3.43. The Morgan fingerprint density at radius 3 is 2.27 bits per heavy atom. The highest BCUT2D eigenvalue weighted by molar-refractivity contribution is 7.89. The minimum absolute atomic E-state index is 0.0548. The van der Waals surface area contributed by atoms with E-state index in [1.165, 1.54) is 40.5 Å². The maximum atomic E-state index is 13.7. The summed E-state index contributed by atoms with van der Waals surface area (Å²) in [6.07, 6.45) is -0.158. The summed E-state index contributed by atoms with van der Waals surface area (Å²) in [4.78, 5) is 38.1. The van der Waals surface area contributed by atoms with Crippen LogP contribution in [0.25, 0.3) is 0 Å². The average molecular weight is 477 g/mol. The summed E-state index contributed by atoms with van der Waals surface area (Å²) in [6.45, 7) is 0.819. The molecule has 3 rings (SSSR count). The van der Waals surface area contributed by atoms with Gasteiger partial charge in [-0.3, -0.25) is 14.4 Å². The van der Waals surface area contributed by atoms with E-state index >= 15 is 0 Å². The second-order valence-corrected chi connectivity index (χ2v) is 9.36. The van der Waals surface area contributed by atoms with Gasteiger partial charge in [0.05, 0.1) is 10.5 Å². The van der Waals surface area contributed by atoms with E-state index < -0.39 is 27.7 Å². The molecule has 33 heavy (non-hydrogen) atoms. The lowest BCUT2D eigenvalue weighted by Gasteiger charge is -2.34. The summed E-state index contributed by atoms with van der Waals surface area (Å²) in [5.41, 5.74) is 0.0434. The van der Waals surface area contributed by atoms with Crippen LogP contribution in [0, 0.1) is 5.82 Å². The summed E-state index contributed by atoms with van der Waals surface area (Å²) < 4.78 is 40.4. The van der Waals surface area contributed by atoms with Crippen LogP contribution in [0.2, 0.25) is 0 Å². The normalized spacial score (nSPS) is 14.5. The zero-order valence-corrected chi connectivity index (χ0v) is 18.9. The molecular weight excluding hydrogens is 451 g/mol. The number of nitrogens with zero attached hydrogens (tertiary/aromatic N) is 2. The van der Waals surface area contributed by atoms with Gasteiger partial charge in [-0.05, 0) is 30.3 Å². The second kappa shape index (κ2) is 10.5. The number of carbonyl (C=O) groups excluding carboxylic acids is 3. The van der Waals surface area contributed by atoms with Crippen molar-refractivity contribution in [1.29, 1.82) is 0 Å². The first kappa shape index (κ1) is 24.3. The molecule has 1 saturated heterocycles. The van der Waals surface area contributed by atoms with Crippen LogP contribution in [0.15, 0.2) is 53.4 Å². The van der Waals surface area contributed by atoms with Gasteiger partial charge in [0.1, 0.15) is 5.82 Å². The van der Waals surface area contributed by atoms with Crippen LogP contribution < -0.4 is 10.6 Å². The predicted molar refractivity (Wildman–Crippen MR) is 119 cm³/mol. The smallest absolute Gasteiger partial charge is 0.254 e. The first-order chi connectivity index (χ1) is 15.7. The van der Waals surface area contributed by atoms with Crippen LogP contribution in [0.4, 0.5) is 10.1 Å². The monoisotopic (exact) mass is 476 g/mol. The summed E-state index contributed by atoms with van der Waals surface area (Å²) in [6, 6.07) is 11.7. The van der Waals surface area contributed by atoms with E-state index in [1.807, 2.05) is 0 Å². The zero-order chi connectivity index (χ0) is 24.0. The van der Waals surface area contributed by atoms with E-state index in [1.54, 1.807) is 18.2 Å². The number of nitrogens with one attached hydrogen (secondary N) is 2. The Morgan fingerprint density at radius 2 is 1.64 bits per heavy atom. The van der Waals surface area contributed by atoms with Crippen molar-refractivity contribution in [3.05, 3.63) is 59.9 Å². The molecule has 0 aromatic heterocycles. The summed E-state index contributed by atoms with van der Waals surface area (Å²) in [5, 5.41) is 4.87. The molecule has 2 N–H and O–H groups in total. The maximum Gasteiger partial charge on any atom is 0.254 e. The van der Waals surface area contributed by atoms with Gasteiger partial charge in [0.2, 0.25) is 21.8 Å². The maximum absolute atomic E-state index is 13.7. The topological polar surface area (TPSA) is 116 Å². The van der Waals surface area contributed by atoms with E-state index in [4.69, 9.17) is 0 Å². The zero-order valence-electron chi connectivity index (χ0n) is 18.1. The van der Waals surface area contributed by atoms with Crippen molar-refractivity contribution in [1.82, 2.24) is 14.5 Å². The molecule has 176 valence electrons. The van der Waals surface area contributed by atoms with Gasteiger partial charge in [-0.25, -0.2) is 12.8 Å². The van der Waals surface area contributed by atoms with Gasteiger partial charge in [-0.2, -0.15) is 4.31 Å². The van der Waals surface area contributed by atoms with Crippen molar-refractivity contribution in [3.8, 4) is 0 Å². The molecule has 1 heterocycles. The number of rotatable bonds is 7. The molecule has 1 aliphatic heterocycles. The van der Waals surface area contributed by atoms with Crippen LogP contribution in [0.5, 0.6) is 0 Å². The minimum atomic E-state index is -3.61. The van der Waals surface area contributed by atoms with Gasteiger partial charge in [-0.1, -0.05) is 18.2 Å². The number of amides is 3. The summed E-state index contributed by atoms with van der Waals surface area (Å²) in [7, 11) is -2.24. The molecule has 2 aromatic rings. The molecule has 11 heteroatoms. The third-order valence-electron chi connectivity index (χ3n) is 5.26. The van der Waals surface area contributed by atoms with E-state index in [0.717, 1.165) is 6.07 Å². The van der Waals surface area contributed by atoms with Crippen molar-refractivity contribution in [2.45, 2.75) is 17.7 Å². The Labute approximate surface area is 191 Å². The van der Waals surface area contributed by atoms with Gasteiger partial charge in [0.15, 0.2) is 0 Å². The molecule has 0 aliphatic carbocycles. The Morgan fingerprint density at radius 1 is 0.970 bits per heavy atom. The molecule has 1 fully saturated rings. The van der Waals surface area contributed by atoms with E-state index in [-0.39, 0.29) is 61.1 Å². The summed E-state index contributed by atoms with van der Waals surface area (Å²) in [5.74, 6) is -2.04.